The van der Waals surface area contributed by atoms with Crippen LogP contribution < -0.4 is 4.89 Å². The Morgan fingerprint density at radius 1 is 1.30 bits per heavy atom. The Morgan fingerprint density at radius 3 is 2.55 bits per heavy atom. The van der Waals surface area contributed by atoms with E-state index in [0.29, 0.717) is 0 Å². The molecule has 7 nitrogen and oxygen atoms in total. The summed E-state index contributed by atoms with van der Waals surface area (Å²) in [6.45, 7) is 0.127. The molecule has 0 aliphatic rings. The van der Waals surface area contributed by atoms with E-state index in [-0.39, 0.29) is 19.6 Å². The highest BCUT2D eigenvalue weighted by Gasteiger charge is 2.18. The summed E-state index contributed by atoms with van der Waals surface area (Å²) >= 11 is 0. The molecule has 0 amide bonds. The molecule has 1 aromatic carbocycles. The van der Waals surface area contributed by atoms with Crippen molar-refractivity contribution in [2.75, 3.05) is 20.7 Å². The maximum Gasteiger partial charge on any atom is 0.306 e. The van der Waals surface area contributed by atoms with Crippen molar-refractivity contribution in [1.29, 1.82) is 0 Å². The summed E-state index contributed by atoms with van der Waals surface area (Å²) in [6, 6.07) is 9.14. The van der Waals surface area contributed by atoms with Gasteiger partial charge in [-0.1, -0.05) is 35.2 Å². The van der Waals surface area contributed by atoms with Gasteiger partial charge in [0.1, 0.15) is 0 Å². The number of rotatable bonds is 8. The summed E-state index contributed by atoms with van der Waals surface area (Å²) in [7, 11) is -1.19. The Morgan fingerprint density at radius 2 is 1.95 bits per heavy atom. The average molecular weight is 302 g/mol. The molecule has 1 N–H and O–H groups in total. The molecular weight excluding hydrogens is 284 g/mol. The first-order valence-electron chi connectivity index (χ1n) is 5.91. The molecule has 0 aliphatic heterocycles. The number of nitrogens with zero attached hydrogens (tertiary/aromatic N) is 1. The second kappa shape index (κ2) is 7.95. The number of esters is 1. The quantitative estimate of drug-likeness (QED) is 0.556. The molecular formula is C12H18N2O5S. The Bertz CT molecular complexity index is 518. The van der Waals surface area contributed by atoms with Gasteiger partial charge in [-0.25, -0.2) is 0 Å². The fourth-order valence-electron chi connectivity index (χ4n) is 1.30. The van der Waals surface area contributed by atoms with E-state index in [1.165, 1.54) is 14.2 Å². The van der Waals surface area contributed by atoms with Crippen molar-refractivity contribution < 1.29 is 22.8 Å². The van der Waals surface area contributed by atoms with Gasteiger partial charge in [0, 0.05) is 13.6 Å². The molecule has 8 heteroatoms. The number of benzene rings is 1. The lowest BCUT2D eigenvalue weighted by molar-refractivity contribution is -0.140. The molecule has 0 spiro atoms. The number of methoxy groups -OCH3 is 1. The summed E-state index contributed by atoms with van der Waals surface area (Å²) in [4.78, 5) is 17.9. The van der Waals surface area contributed by atoms with Crippen LogP contribution in [0, 0.1) is 0 Å². The van der Waals surface area contributed by atoms with E-state index < -0.39 is 16.2 Å². The van der Waals surface area contributed by atoms with Gasteiger partial charge in [-0.2, -0.15) is 12.7 Å². The van der Waals surface area contributed by atoms with Gasteiger partial charge in [0.2, 0.25) is 0 Å². The van der Waals surface area contributed by atoms with Crippen molar-refractivity contribution in [3.8, 4) is 0 Å². The largest absolute Gasteiger partial charge is 0.469 e. The fraction of sp³-hybridized carbons (Fsp3) is 0.417. The number of carbonyl (C=O) groups is 1. The van der Waals surface area contributed by atoms with E-state index in [9.17, 15) is 13.2 Å². The molecule has 0 bridgehead atoms. The van der Waals surface area contributed by atoms with Crippen LogP contribution in [-0.2, 0) is 31.2 Å². The Balaban J connectivity index is 2.39. The summed E-state index contributed by atoms with van der Waals surface area (Å²) in [6.07, 6.45) is -0.0212. The highest BCUT2D eigenvalue weighted by molar-refractivity contribution is 7.86. The highest BCUT2D eigenvalue weighted by Crippen LogP contribution is 2.01. The third kappa shape index (κ3) is 5.66. The first-order chi connectivity index (χ1) is 9.45. The van der Waals surface area contributed by atoms with Gasteiger partial charge in [-0.3, -0.25) is 9.63 Å². The Kier molecular flexibility index (Phi) is 6.59. The minimum absolute atomic E-state index is 0.0106. The smallest absolute Gasteiger partial charge is 0.306 e. The van der Waals surface area contributed by atoms with Crippen LogP contribution in [0.3, 0.4) is 0 Å². The molecule has 0 aliphatic carbocycles. The molecule has 1 rings (SSSR count). The van der Waals surface area contributed by atoms with Crippen LogP contribution >= 0.6 is 0 Å². The van der Waals surface area contributed by atoms with Crippen molar-refractivity contribution in [3.05, 3.63) is 35.9 Å². The van der Waals surface area contributed by atoms with Crippen molar-refractivity contribution in [1.82, 2.24) is 9.19 Å². The molecule has 20 heavy (non-hydrogen) atoms. The van der Waals surface area contributed by atoms with E-state index in [0.717, 1.165) is 9.87 Å². The summed E-state index contributed by atoms with van der Waals surface area (Å²) < 4.78 is 28.9. The molecule has 0 saturated carbocycles. The lowest BCUT2D eigenvalue weighted by atomic mass is 10.2. The van der Waals surface area contributed by atoms with Crippen LogP contribution in [0.25, 0.3) is 0 Å². The number of hydrogen-bond donors (Lipinski definition) is 1. The first-order valence-corrected chi connectivity index (χ1v) is 7.35. The maximum absolute atomic E-state index is 11.8. The van der Waals surface area contributed by atoms with Crippen molar-refractivity contribution in [2.24, 2.45) is 0 Å². The van der Waals surface area contributed by atoms with Crippen LogP contribution in [0.5, 0.6) is 0 Å². The van der Waals surface area contributed by atoms with E-state index in [1.54, 1.807) is 0 Å². The normalized spacial score (nSPS) is 11.6. The third-order valence-corrected chi connectivity index (χ3v) is 3.85. The minimum Gasteiger partial charge on any atom is -0.469 e. The van der Waals surface area contributed by atoms with Crippen molar-refractivity contribution in [2.45, 2.75) is 13.0 Å². The van der Waals surface area contributed by atoms with E-state index in [2.05, 4.69) is 4.74 Å². The molecule has 1 aromatic rings. The van der Waals surface area contributed by atoms with Gasteiger partial charge in [-0.05, 0) is 5.56 Å². The van der Waals surface area contributed by atoms with Gasteiger partial charge in [-0.15, -0.1) is 0 Å². The topological polar surface area (TPSA) is 84.9 Å². The third-order valence-electron chi connectivity index (χ3n) is 2.51. The monoisotopic (exact) mass is 302 g/mol. The SMILES string of the molecule is COC(=O)CCN(C)S(=O)(=O)NOCc1ccccc1. The van der Waals surface area contributed by atoms with E-state index in [4.69, 9.17) is 4.84 Å². The lowest BCUT2D eigenvalue weighted by Gasteiger charge is -2.16. The van der Waals surface area contributed by atoms with Crippen molar-refractivity contribution >= 4 is 16.2 Å². The van der Waals surface area contributed by atoms with Crippen LogP contribution in [0.2, 0.25) is 0 Å². The predicted molar refractivity (Wildman–Crippen MR) is 72.5 cm³/mol. The van der Waals surface area contributed by atoms with Crippen molar-refractivity contribution in [3.63, 3.8) is 0 Å². The number of ether oxygens (including phenoxy) is 1. The van der Waals surface area contributed by atoms with Crippen LogP contribution in [0.4, 0.5) is 0 Å². The summed E-state index contributed by atoms with van der Waals surface area (Å²) in [5.74, 6) is -0.475. The highest BCUT2D eigenvalue weighted by atomic mass is 32.2. The predicted octanol–water partition coefficient (Wildman–Crippen LogP) is 0.448. The maximum atomic E-state index is 11.8. The molecule has 112 valence electrons. The standard InChI is InChI=1S/C12H18N2O5S/c1-14(9-8-12(15)18-2)20(16,17)13-19-10-11-6-4-3-5-7-11/h3-7,13H,8-10H2,1-2H3. The fourth-order valence-corrected chi connectivity index (χ4v) is 1.96. The Labute approximate surface area is 118 Å². The van der Waals surface area contributed by atoms with Gasteiger partial charge in [0.25, 0.3) is 0 Å². The van der Waals surface area contributed by atoms with Gasteiger partial charge >= 0.3 is 16.2 Å². The molecule has 0 heterocycles. The second-order valence-corrected chi connectivity index (χ2v) is 5.75. The van der Waals surface area contributed by atoms with Crippen LogP contribution in [-0.4, -0.2) is 39.4 Å². The first kappa shape index (κ1) is 16.6. The average Bonchev–Trinajstić information content (AvgIpc) is 2.45. The zero-order valence-corrected chi connectivity index (χ0v) is 12.2. The molecule has 0 aromatic heterocycles. The molecule has 0 radical (unpaired) electrons. The summed E-state index contributed by atoms with van der Waals surface area (Å²) in [5, 5.41) is 0. The second-order valence-electron chi connectivity index (χ2n) is 4.01. The lowest BCUT2D eigenvalue weighted by Crippen LogP contribution is -2.39. The number of nitrogens with one attached hydrogen (secondary N) is 1. The molecule has 0 atom stereocenters. The van der Waals surface area contributed by atoms with Crippen LogP contribution in [0.1, 0.15) is 12.0 Å². The molecule has 0 fully saturated rings. The van der Waals surface area contributed by atoms with Gasteiger partial charge < -0.3 is 4.74 Å². The summed E-state index contributed by atoms with van der Waals surface area (Å²) in [5.41, 5.74) is 0.840. The zero-order valence-electron chi connectivity index (χ0n) is 11.4. The van der Waals surface area contributed by atoms with Crippen LogP contribution in [0.15, 0.2) is 30.3 Å². The van der Waals surface area contributed by atoms with E-state index in [1.807, 2.05) is 35.2 Å². The molecule has 0 saturated heterocycles. The number of carbonyl (C=O) groups excluding carboxylic acids is 1. The Hall–Kier alpha value is -1.48. The van der Waals surface area contributed by atoms with Gasteiger partial charge in [0.15, 0.2) is 0 Å². The minimum atomic E-state index is -3.78. The molecule has 0 unspecified atom stereocenters. The zero-order chi connectivity index (χ0) is 15.0. The number of hydrogen-bond acceptors (Lipinski definition) is 5. The van der Waals surface area contributed by atoms with E-state index >= 15 is 0 Å². The van der Waals surface area contributed by atoms with Gasteiger partial charge in [0.05, 0.1) is 20.1 Å².